The normalized spacial score (nSPS) is 13.1. The highest BCUT2D eigenvalue weighted by Gasteiger charge is 2.23. The van der Waals surface area contributed by atoms with E-state index in [2.05, 4.69) is 72.2 Å². The molecule has 0 atom stereocenters. The van der Waals surface area contributed by atoms with Crippen molar-refractivity contribution in [3.63, 3.8) is 0 Å². The smallest absolute Gasteiger partial charge is 0.123 e. The number of allylic oxidation sites excluding steroid dienone is 4. The molecule has 5 heteroatoms. The van der Waals surface area contributed by atoms with E-state index in [9.17, 15) is 4.39 Å². The highest BCUT2D eigenvalue weighted by molar-refractivity contribution is 6.09. The zero-order valence-corrected chi connectivity index (χ0v) is 23.9. The molecule has 4 aromatic rings. The highest BCUT2D eigenvalue weighted by atomic mass is 19.1. The molecule has 206 valence electrons. The second-order valence-electron chi connectivity index (χ2n) is 11.3. The van der Waals surface area contributed by atoms with Gasteiger partial charge in [-0.1, -0.05) is 45.9 Å². The summed E-state index contributed by atoms with van der Waals surface area (Å²) < 4.78 is 13.9. The minimum absolute atomic E-state index is 0.245. The average Bonchev–Trinajstić information content (AvgIpc) is 3.13. The van der Waals surface area contributed by atoms with Gasteiger partial charge in [-0.15, -0.1) is 0 Å². The van der Waals surface area contributed by atoms with E-state index >= 15 is 0 Å². The maximum atomic E-state index is 13.9. The van der Waals surface area contributed by atoms with Gasteiger partial charge in [0.2, 0.25) is 0 Å². The van der Waals surface area contributed by atoms with Gasteiger partial charge in [-0.25, -0.2) is 4.39 Å². The Morgan fingerprint density at radius 1 is 0.775 bits per heavy atom. The molecule has 0 spiro atoms. The quantitative estimate of drug-likeness (QED) is 0.213. The molecular formula is C35H39FN4. The minimum Gasteiger partial charge on any atom is -0.371 e. The number of rotatable bonds is 10. The number of nitrogens with one attached hydrogen (secondary N) is 2. The zero-order chi connectivity index (χ0) is 28.1. The fourth-order valence-corrected chi connectivity index (χ4v) is 5.23. The van der Waals surface area contributed by atoms with Crippen molar-refractivity contribution < 1.29 is 4.39 Å². The van der Waals surface area contributed by atoms with E-state index in [0.717, 1.165) is 70.5 Å². The molecule has 0 radical (unpaired) electrons. The van der Waals surface area contributed by atoms with E-state index in [0.29, 0.717) is 11.8 Å². The van der Waals surface area contributed by atoms with Crippen LogP contribution in [0.1, 0.15) is 46.1 Å². The van der Waals surface area contributed by atoms with Gasteiger partial charge in [0.1, 0.15) is 5.82 Å². The van der Waals surface area contributed by atoms with Crippen LogP contribution in [-0.2, 0) is 0 Å². The van der Waals surface area contributed by atoms with E-state index in [-0.39, 0.29) is 5.82 Å². The van der Waals surface area contributed by atoms with Gasteiger partial charge in [-0.05, 0) is 90.4 Å². The average molecular weight is 535 g/mol. The summed E-state index contributed by atoms with van der Waals surface area (Å²) in [7, 11) is 0. The summed E-state index contributed by atoms with van der Waals surface area (Å²) in [6.45, 7) is 11.1. The Labute approximate surface area is 237 Å². The maximum absolute atomic E-state index is 13.9. The fraction of sp³-hybridized carbons (Fsp3) is 0.286. The topological polar surface area (TPSA) is 44.0 Å². The Balaban J connectivity index is 1.79. The first-order valence-corrected chi connectivity index (χ1v) is 14.3. The Hall–Kier alpha value is -4.12. The Kier molecular flexibility index (Phi) is 8.49. The molecule has 0 bridgehead atoms. The lowest BCUT2D eigenvalue weighted by Gasteiger charge is -2.30. The first-order valence-electron chi connectivity index (χ1n) is 14.3. The van der Waals surface area contributed by atoms with Crippen molar-refractivity contribution in [1.82, 2.24) is 15.3 Å². The number of fused-ring (bicyclic) bond motifs is 1. The predicted octanol–water partition coefficient (Wildman–Crippen LogP) is 8.95. The van der Waals surface area contributed by atoms with Gasteiger partial charge in [-0.2, -0.15) is 0 Å². The lowest BCUT2D eigenvalue weighted by molar-refractivity contribution is 0.535. The SMILES string of the molecule is CC(C)CCN(CCC(C)C)c1ccc2c(-c3ccncc3)c(-c3ccc(F)cc3)[nH]c2c1C1=CC=CC=CN1. The van der Waals surface area contributed by atoms with Crippen LogP contribution in [0.4, 0.5) is 10.1 Å². The van der Waals surface area contributed by atoms with Gasteiger partial charge >= 0.3 is 0 Å². The monoisotopic (exact) mass is 534 g/mol. The number of halogens is 1. The van der Waals surface area contributed by atoms with Crippen LogP contribution in [0, 0.1) is 17.7 Å². The summed E-state index contributed by atoms with van der Waals surface area (Å²) >= 11 is 0. The number of hydrogen-bond acceptors (Lipinski definition) is 3. The van der Waals surface area contributed by atoms with E-state index in [4.69, 9.17) is 0 Å². The lowest BCUT2D eigenvalue weighted by atomic mass is 9.96. The summed E-state index contributed by atoms with van der Waals surface area (Å²) in [6, 6.07) is 15.3. The largest absolute Gasteiger partial charge is 0.371 e. The summed E-state index contributed by atoms with van der Waals surface area (Å²) in [5.74, 6) is 0.984. The number of pyridine rings is 1. The summed E-state index contributed by atoms with van der Waals surface area (Å²) in [5.41, 5.74) is 8.52. The summed E-state index contributed by atoms with van der Waals surface area (Å²) in [6.07, 6.45) is 16.1. The molecule has 3 heterocycles. The molecule has 0 saturated heterocycles. The van der Waals surface area contributed by atoms with Crippen LogP contribution in [0.15, 0.2) is 91.4 Å². The third-order valence-electron chi connectivity index (χ3n) is 7.44. The number of anilines is 1. The van der Waals surface area contributed by atoms with Crippen molar-refractivity contribution in [3.05, 3.63) is 103 Å². The van der Waals surface area contributed by atoms with Crippen molar-refractivity contribution >= 4 is 22.3 Å². The second kappa shape index (κ2) is 12.4. The van der Waals surface area contributed by atoms with Crippen molar-refractivity contribution in [2.45, 2.75) is 40.5 Å². The van der Waals surface area contributed by atoms with Crippen molar-refractivity contribution in [2.75, 3.05) is 18.0 Å². The molecule has 2 N–H and O–H groups in total. The van der Waals surface area contributed by atoms with E-state index in [1.807, 2.05) is 55.0 Å². The number of aromatic amines is 1. The van der Waals surface area contributed by atoms with Gasteiger partial charge < -0.3 is 15.2 Å². The van der Waals surface area contributed by atoms with E-state index in [1.165, 1.54) is 17.8 Å². The molecule has 4 nitrogen and oxygen atoms in total. The Bertz CT molecular complexity index is 1510. The minimum atomic E-state index is -0.245. The molecule has 2 aromatic heterocycles. The predicted molar refractivity (Wildman–Crippen MR) is 167 cm³/mol. The first kappa shape index (κ1) is 27.4. The second-order valence-corrected chi connectivity index (χ2v) is 11.3. The van der Waals surface area contributed by atoms with Crippen LogP contribution in [0.5, 0.6) is 0 Å². The molecule has 0 amide bonds. The maximum Gasteiger partial charge on any atom is 0.123 e. The van der Waals surface area contributed by atoms with Crippen LogP contribution < -0.4 is 10.2 Å². The number of nitrogens with zero attached hydrogens (tertiary/aromatic N) is 2. The van der Waals surface area contributed by atoms with Crippen molar-refractivity contribution in [2.24, 2.45) is 11.8 Å². The van der Waals surface area contributed by atoms with Crippen LogP contribution in [-0.4, -0.2) is 23.1 Å². The van der Waals surface area contributed by atoms with Gasteiger partial charge in [0.15, 0.2) is 0 Å². The van der Waals surface area contributed by atoms with Gasteiger partial charge in [0.05, 0.1) is 11.2 Å². The molecule has 2 aromatic carbocycles. The molecular weight excluding hydrogens is 495 g/mol. The molecule has 0 unspecified atom stereocenters. The van der Waals surface area contributed by atoms with Gasteiger partial charge in [0.25, 0.3) is 0 Å². The third-order valence-corrected chi connectivity index (χ3v) is 7.44. The number of aromatic nitrogens is 2. The number of H-pyrrole nitrogens is 1. The standard InChI is InChI=1S/C35H39FN4/c1-24(2)17-22-40(23-18-25(3)4)31-14-13-29-32(26-15-20-37-21-16-26)34(27-9-11-28(36)12-10-27)39-35(29)33(31)30-8-6-5-7-19-38-30/h5-16,19-21,24-25,38-39H,17-18,22-23H2,1-4H3. The molecule has 40 heavy (non-hydrogen) atoms. The summed E-state index contributed by atoms with van der Waals surface area (Å²) in [5, 5.41) is 4.66. The number of hydrogen-bond donors (Lipinski definition) is 2. The van der Waals surface area contributed by atoms with Gasteiger partial charge in [-0.3, -0.25) is 4.98 Å². The molecule has 0 aliphatic carbocycles. The van der Waals surface area contributed by atoms with Crippen LogP contribution in [0.25, 0.3) is 39.0 Å². The first-order chi connectivity index (χ1) is 19.4. The summed E-state index contributed by atoms with van der Waals surface area (Å²) in [4.78, 5) is 10.6. The van der Waals surface area contributed by atoms with E-state index in [1.54, 1.807) is 0 Å². The fourth-order valence-electron chi connectivity index (χ4n) is 5.23. The molecule has 1 aliphatic rings. The zero-order valence-electron chi connectivity index (χ0n) is 23.9. The molecule has 1 aliphatic heterocycles. The van der Waals surface area contributed by atoms with Gasteiger partial charge in [0, 0.05) is 59.6 Å². The third kappa shape index (κ3) is 6.04. The number of benzene rings is 2. The molecule has 5 rings (SSSR count). The van der Waals surface area contributed by atoms with Crippen LogP contribution in [0.3, 0.4) is 0 Å². The Morgan fingerprint density at radius 3 is 2.15 bits per heavy atom. The molecule has 0 saturated carbocycles. The van der Waals surface area contributed by atoms with Crippen LogP contribution >= 0.6 is 0 Å². The van der Waals surface area contributed by atoms with Crippen molar-refractivity contribution in [1.29, 1.82) is 0 Å². The molecule has 0 fully saturated rings. The lowest BCUT2D eigenvalue weighted by Crippen LogP contribution is -2.29. The van der Waals surface area contributed by atoms with Crippen LogP contribution in [0.2, 0.25) is 0 Å². The van der Waals surface area contributed by atoms with Crippen molar-refractivity contribution in [3.8, 4) is 22.4 Å². The Morgan fingerprint density at radius 2 is 1.48 bits per heavy atom. The highest BCUT2D eigenvalue weighted by Crippen LogP contribution is 2.43. The van der Waals surface area contributed by atoms with E-state index < -0.39 is 0 Å².